The fourth-order valence-electron chi connectivity index (χ4n) is 5.60. The van der Waals surface area contributed by atoms with Gasteiger partial charge in [0.1, 0.15) is 18.2 Å². The summed E-state index contributed by atoms with van der Waals surface area (Å²) < 4.78 is 17.5. The van der Waals surface area contributed by atoms with Gasteiger partial charge in [-0.2, -0.15) is 0 Å². The highest BCUT2D eigenvalue weighted by atomic mass is 35.5. The molecule has 0 bridgehead atoms. The lowest BCUT2D eigenvalue weighted by molar-refractivity contribution is -0.179. The van der Waals surface area contributed by atoms with E-state index >= 15 is 0 Å². The minimum absolute atomic E-state index is 0.0712. The number of benzene rings is 2. The Morgan fingerprint density at radius 1 is 1.06 bits per heavy atom. The third kappa shape index (κ3) is 12.3. The van der Waals surface area contributed by atoms with Gasteiger partial charge in [0.05, 0.1) is 17.3 Å². The molecule has 13 heteroatoms. The summed E-state index contributed by atoms with van der Waals surface area (Å²) in [5.74, 6) is -4.12. The predicted molar refractivity (Wildman–Crippen MR) is 199 cm³/mol. The number of nitrogens with one attached hydrogen (secondary N) is 2. The Kier molecular flexibility index (Phi) is 16.2. The van der Waals surface area contributed by atoms with Gasteiger partial charge in [-0.05, 0) is 61.4 Å². The maximum Gasteiger partial charge on any atom is 0.348 e. The first-order valence-corrected chi connectivity index (χ1v) is 18.4. The molecule has 0 saturated heterocycles. The fourth-order valence-corrected chi connectivity index (χ4v) is 6.37. The van der Waals surface area contributed by atoms with Crippen LogP contribution in [0.4, 0.5) is 0 Å². The van der Waals surface area contributed by atoms with Crippen LogP contribution in [0.3, 0.4) is 0 Å². The van der Waals surface area contributed by atoms with E-state index in [9.17, 15) is 24.0 Å². The number of hydrogen-bond donors (Lipinski definition) is 3. The van der Waals surface area contributed by atoms with Gasteiger partial charge in [-0.25, -0.2) is 4.79 Å². The molecule has 3 rings (SSSR count). The molecule has 52 heavy (non-hydrogen) atoms. The lowest BCUT2D eigenvalue weighted by Crippen LogP contribution is -2.51. The second-order valence-corrected chi connectivity index (χ2v) is 15.0. The Bertz CT molecular complexity index is 1580. The van der Waals surface area contributed by atoms with Crippen molar-refractivity contribution in [3.05, 3.63) is 82.4 Å². The molecule has 0 fully saturated rings. The number of carbonyl (C=O) groups excluding carboxylic acids is 5. The number of carbonyl (C=O) groups is 5. The van der Waals surface area contributed by atoms with Crippen molar-refractivity contribution in [2.75, 3.05) is 13.1 Å². The van der Waals surface area contributed by atoms with Crippen LogP contribution in [-0.4, -0.2) is 67.2 Å². The van der Waals surface area contributed by atoms with Crippen molar-refractivity contribution in [1.82, 2.24) is 10.6 Å². The topological polar surface area (TPSA) is 163 Å². The Morgan fingerprint density at radius 3 is 2.37 bits per heavy atom. The third-order valence-electron chi connectivity index (χ3n) is 8.80. The van der Waals surface area contributed by atoms with Crippen LogP contribution in [-0.2, 0) is 51.0 Å². The van der Waals surface area contributed by atoms with Crippen molar-refractivity contribution in [3.8, 4) is 0 Å². The molecule has 0 aliphatic carbocycles. The highest BCUT2D eigenvalue weighted by Crippen LogP contribution is 2.34. The second kappa shape index (κ2) is 19.8. The minimum Gasteiger partial charge on any atom is -0.459 e. The van der Waals surface area contributed by atoms with E-state index in [0.717, 1.165) is 17.5 Å². The summed E-state index contributed by atoms with van der Waals surface area (Å²) in [5.41, 5.74) is 6.65. The monoisotopic (exact) mass is 759 g/mol. The quantitative estimate of drug-likeness (QED) is 0.118. The molecular weight excluding hydrogens is 709 g/mol. The van der Waals surface area contributed by atoms with Crippen LogP contribution in [0.5, 0.6) is 0 Å². The summed E-state index contributed by atoms with van der Waals surface area (Å²) in [6.07, 6.45) is 0.393. The molecule has 4 N–H and O–H groups in total. The van der Waals surface area contributed by atoms with Crippen LogP contribution in [0.15, 0.2) is 60.7 Å². The Hall–Kier alpha value is -3.93. The van der Waals surface area contributed by atoms with Crippen LogP contribution >= 0.6 is 23.2 Å². The summed E-state index contributed by atoms with van der Waals surface area (Å²) in [6.45, 7) is 10.0. The lowest BCUT2D eigenvalue weighted by Gasteiger charge is -2.33. The number of nitrogens with two attached hydrogens (primary N) is 1. The summed E-state index contributed by atoms with van der Waals surface area (Å²) in [5, 5.41) is 5.25. The SMILES string of the molecule is CCc1ccc(C[C@H]2NC(=O)CC=C[C@@H]([C@H](C)[C@@H](OC(=O)CN)[C@@H](Cl)c3ccccc3)OC(=O)[C@H](CC(C)C)OC(=O)C(C)(C)CNC2=O)cc1Cl. The molecule has 1 aliphatic rings. The largest absolute Gasteiger partial charge is 0.459 e. The number of ether oxygens (including phenoxy) is 3. The Morgan fingerprint density at radius 2 is 1.75 bits per heavy atom. The molecule has 6 atom stereocenters. The van der Waals surface area contributed by atoms with E-state index in [-0.39, 0.29) is 31.7 Å². The van der Waals surface area contributed by atoms with E-state index in [2.05, 4.69) is 10.6 Å². The van der Waals surface area contributed by atoms with Crippen LogP contribution in [0, 0.1) is 17.3 Å². The van der Waals surface area contributed by atoms with Gasteiger partial charge in [0.25, 0.3) is 0 Å². The highest BCUT2D eigenvalue weighted by Gasteiger charge is 2.40. The fraction of sp³-hybridized carbons (Fsp3) is 0.513. The van der Waals surface area contributed by atoms with Gasteiger partial charge in [0.2, 0.25) is 11.8 Å². The number of rotatable bonds is 11. The summed E-state index contributed by atoms with van der Waals surface area (Å²) >= 11 is 13.4. The molecular formula is C39H51Cl2N3O8. The molecule has 2 aromatic carbocycles. The van der Waals surface area contributed by atoms with E-state index in [0.29, 0.717) is 10.6 Å². The zero-order chi connectivity index (χ0) is 38.6. The van der Waals surface area contributed by atoms with E-state index in [1.807, 2.05) is 39.0 Å². The minimum atomic E-state index is -1.30. The van der Waals surface area contributed by atoms with Crippen molar-refractivity contribution < 1.29 is 38.2 Å². The second-order valence-electron chi connectivity index (χ2n) is 14.1. The van der Waals surface area contributed by atoms with Gasteiger partial charge in [-0.3, -0.25) is 19.2 Å². The molecule has 1 aliphatic heterocycles. The molecule has 1 heterocycles. The van der Waals surface area contributed by atoms with Crippen LogP contribution in [0.25, 0.3) is 0 Å². The number of cyclic esters (lactones) is 2. The molecule has 0 saturated carbocycles. The van der Waals surface area contributed by atoms with Crippen molar-refractivity contribution in [3.63, 3.8) is 0 Å². The number of halogens is 2. The Labute approximate surface area is 316 Å². The maximum atomic E-state index is 13.8. The summed E-state index contributed by atoms with van der Waals surface area (Å²) in [7, 11) is 0. The van der Waals surface area contributed by atoms with E-state index in [1.54, 1.807) is 51.1 Å². The average molecular weight is 761 g/mol. The molecule has 11 nitrogen and oxygen atoms in total. The summed E-state index contributed by atoms with van der Waals surface area (Å²) in [4.78, 5) is 66.8. The molecule has 2 amide bonds. The number of alkyl halides is 1. The van der Waals surface area contributed by atoms with Gasteiger partial charge >= 0.3 is 17.9 Å². The first-order chi connectivity index (χ1) is 24.6. The summed E-state index contributed by atoms with van der Waals surface area (Å²) in [6, 6.07) is 13.4. The van der Waals surface area contributed by atoms with Crippen molar-refractivity contribution in [2.45, 2.75) is 97.0 Å². The third-order valence-corrected chi connectivity index (χ3v) is 9.66. The first kappa shape index (κ1) is 42.5. The normalized spacial score (nSPS) is 22.0. The zero-order valence-corrected chi connectivity index (χ0v) is 32.2. The Balaban J connectivity index is 2.04. The zero-order valence-electron chi connectivity index (χ0n) is 30.7. The van der Waals surface area contributed by atoms with E-state index in [4.69, 9.17) is 43.1 Å². The van der Waals surface area contributed by atoms with Gasteiger partial charge in [0, 0.05) is 30.3 Å². The van der Waals surface area contributed by atoms with Crippen LogP contribution in [0.2, 0.25) is 5.02 Å². The molecule has 0 radical (unpaired) electrons. The van der Waals surface area contributed by atoms with Gasteiger partial charge < -0.3 is 30.6 Å². The van der Waals surface area contributed by atoms with Crippen molar-refractivity contribution >= 4 is 52.9 Å². The van der Waals surface area contributed by atoms with Gasteiger partial charge in [-0.15, -0.1) is 11.6 Å². The number of amides is 2. The molecule has 0 unspecified atom stereocenters. The van der Waals surface area contributed by atoms with E-state index in [1.165, 1.54) is 12.2 Å². The maximum absolute atomic E-state index is 13.8. The van der Waals surface area contributed by atoms with Crippen molar-refractivity contribution in [2.24, 2.45) is 23.0 Å². The number of hydrogen-bond acceptors (Lipinski definition) is 9. The first-order valence-electron chi connectivity index (χ1n) is 17.6. The van der Waals surface area contributed by atoms with Crippen LogP contribution < -0.4 is 16.4 Å². The van der Waals surface area contributed by atoms with E-state index < -0.39 is 77.3 Å². The van der Waals surface area contributed by atoms with Crippen molar-refractivity contribution in [1.29, 1.82) is 0 Å². The van der Waals surface area contributed by atoms with Crippen LogP contribution in [0.1, 0.15) is 76.5 Å². The number of esters is 3. The average Bonchev–Trinajstić information content (AvgIpc) is 3.10. The highest BCUT2D eigenvalue weighted by molar-refractivity contribution is 6.31. The van der Waals surface area contributed by atoms with Gasteiger partial charge in [-0.1, -0.05) is 87.8 Å². The molecule has 284 valence electrons. The lowest BCUT2D eigenvalue weighted by atomic mass is 9.91. The predicted octanol–water partition coefficient (Wildman–Crippen LogP) is 5.39. The molecule has 0 spiro atoms. The standard InChI is InChI=1S/C39H51Cl2N3O8/c1-7-26-17-16-25(19-28(26)40)20-29-36(47)43-22-39(5,6)38(49)51-31(18-23(2)3)37(48)50-30(14-11-15-32(45)44-29)24(4)35(52-33(46)21-42)34(41)27-12-9-8-10-13-27/h8-14,16-17,19,23-24,29-31,34-35H,7,15,18,20-22,42H2,1-6H3,(H,43,47)(H,44,45)/t24-,29+,30-,31-,34-,35+/m0/s1. The van der Waals surface area contributed by atoms with Gasteiger partial charge in [0.15, 0.2) is 6.10 Å². The molecule has 0 aromatic heterocycles. The molecule has 2 aromatic rings. The smallest absolute Gasteiger partial charge is 0.348 e. The number of aryl methyl sites for hydroxylation is 1.